The Morgan fingerprint density at radius 1 is 0.933 bits per heavy atom. The monoisotopic (exact) mass is 202 g/mol. The van der Waals surface area contributed by atoms with Crippen molar-refractivity contribution in [2.45, 2.75) is 20.8 Å². The molecule has 0 aromatic heterocycles. The lowest BCUT2D eigenvalue weighted by Crippen LogP contribution is -1.86. The van der Waals surface area contributed by atoms with Crippen molar-refractivity contribution < 1.29 is 4.74 Å². The van der Waals surface area contributed by atoms with Crippen molar-refractivity contribution in [1.29, 1.82) is 0 Å². The second kappa shape index (κ2) is 5.40. The zero-order valence-electron chi connectivity index (χ0n) is 9.87. The molecule has 0 saturated heterocycles. The molecule has 0 bridgehead atoms. The number of benzene rings is 2. The van der Waals surface area contributed by atoms with Gasteiger partial charge in [0.2, 0.25) is 0 Å². The molecule has 0 aliphatic heterocycles. The highest BCUT2D eigenvalue weighted by Gasteiger charge is 2.01. The summed E-state index contributed by atoms with van der Waals surface area (Å²) < 4.78 is 5.31. The molecular formula is C14H18O. The van der Waals surface area contributed by atoms with Crippen molar-refractivity contribution >= 4 is 10.8 Å². The third-order valence-electron chi connectivity index (χ3n) is 2.29. The quantitative estimate of drug-likeness (QED) is 0.674. The lowest BCUT2D eigenvalue weighted by Gasteiger charge is -2.07. The van der Waals surface area contributed by atoms with Gasteiger partial charge in [-0.3, -0.25) is 0 Å². The summed E-state index contributed by atoms with van der Waals surface area (Å²) in [6.45, 7) is 6.10. The van der Waals surface area contributed by atoms with Gasteiger partial charge in [-0.15, -0.1) is 0 Å². The molecular weight excluding hydrogens is 184 g/mol. The Bertz CT molecular complexity index is 427. The van der Waals surface area contributed by atoms with Crippen molar-refractivity contribution in [3.05, 3.63) is 42.0 Å². The third-order valence-corrected chi connectivity index (χ3v) is 2.29. The number of hydrogen-bond acceptors (Lipinski definition) is 1. The lowest BCUT2D eigenvalue weighted by molar-refractivity contribution is 0.419. The number of aryl methyl sites for hydroxylation is 1. The summed E-state index contributed by atoms with van der Waals surface area (Å²) in [5.74, 6) is 0.954. The molecule has 0 radical (unpaired) electrons. The first kappa shape index (κ1) is 11.6. The predicted molar refractivity (Wildman–Crippen MR) is 66.6 cm³/mol. The Labute approximate surface area is 91.7 Å². The molecule has 0 unspecified atom stereocenters. The van der Waals surface area contributed by atoms with Crippen molar-refractivity contribution in [3.8, 4) is 5.75 Å². The van der Waals surface area contributed by atoms with Gasteiger partial charge in [0.1, 0.15) is 5.75 Å². The average molecular weight is 202 g/mol. The Morgan fingerprint density at radius 2 is 1.53 bits per heavy atom. The van der Waals surface area contributed by atoms with Crippen LogP contribution in [0.5, 0.6) is 5.75 Å². The topological polar surface area (TPSA) is 9.23 Å². The zero-order chi connectivity index (χ0) is 11.3. The Hall–Kier alpha value is -1.50. The van der Waals surface area contributed by atoms with E-state index in [1.54, 1.807) is 7.11 Å². The first-order chi connectivity index (χ1) is 7.33. The van der Waals surface area contributed by atoms with Crippen LogP contribution >= 0.6 is 0 Å². The summed E-state index contributed by atoms with van der Waals surface area (Å²) in [5.41, 5.74) is 1.26. The fraction of sp³-hybridized carbons (Fsp3) is 0.286. The highest BCUT2D eigenvalue weighted by Crippen LogP contribution is 2.27. The van der Waals surface area contributed by atoms with Crippen LogP contribution in [0.1, 0.15) is 19.4 Å². The summed E-state index contributed by atoms with van der Waals surface area (Å²) in [4.78, 5) is 0. The van der Waals surface area contributed by atoms with Crippen molar-refractivity contribution in [3.63, 3.8) is 0 Å². The zero-order valence-corrected chi connectivity index (χ0v) is 9.87. The largest absolute Gasteiger partial charge is 0.496 e. The summed E-state index contributed by atoms with van der Waals surface area (Å²) in [6.07, 6.45) is 0. The minimum Gasteiger partial charge on any atom is -0.496 e. The van der Waals surface area contributed by atoms with E-state index in [0.717, 1.165) is 5.75 Å². The Balaban J connectivity index is 0.000000531. The summed E-state index contributed by atoms with van der Waals surface area (Å²) >= 11 is 0. The first-order valence-corrected chi connectivity index (χ1v) is 5.35. The van der Waals surface area contributed by atoms with E-state index in [9.17, 15) is 0 Å². The molecule has 0 spiro atoms. The summed E-state index contributed by atoms with van der Waals surface area (Å²) in [5, 5.41) is 2.45. The molecule has 0 N–H and O–H groups in total. The number of ether oxygens (including phenoxy) is 1. The van der Waals surface area contributed by atoms with Gasteiger partial charge in [-0.2, -0.15) is 0 Å². The van der Waals surface area contributed by atoms with Crippen LogP contribution in [-0.4, -0.2) is 7.11 Å². The van der Waals surface area contributed by atoms with E-state index in [2.05, 4.69) is 31.2 Å². The summed E-state index contributed by atoms with van der Waals surface area (Å²) in [7, 11) is 1.71. The molecule has 0 amide bonds. The molecule has 1 heteroatoms. The maximum atomic E-state index is 5.31. The van der Waals surface area contributed by atoms with Crippen LogP contribution < -0.4 is 4.74 Å². The van der Waals surface area contributed by atoms with E-state index in [1.165, 1.54) is 16.3 Å². The SMILES string of the molecule is CC.COc1cccc2cccc(C)c12. The fourth-order valence-electron chi connectivity index (χ4n) is 1.66. The van der Waals surface area contributed by atoms with Crippen molar-refractivity contribution in [1.82, 2.24) is 0 Å². The minimum atomic E-state index is 0.954. The highest BCUT2D eigenvalue weighted by molar-refractivity contribution is 5.91. The van der Waals surface area contributed by atoms with Crippen LogP contribution in [-0.2, 0) is 0 Å². The fourth-order valence-corrected chi connectivity index (χ4v) is 1.66. The molecule has 2 aromatic rings. The van der Waals surface area contributed by atoms with Gasteiger partial charge in [-0.25, -0.2) is 0 Å². The van der Waals surface area contributed by atoms with Crippen molar-refractivity contribution in [2.75, 3.05) is 7.11 Å². The predicted octanol–water partition coefficient (Wildman–Crippen LogP) is 4.18. The molecule has 1 nitrogen and oxygen atoms in total. The van der Waals surface area contributed by atoms with E-state index in [1.807, 2.05) is 26.0 Å². The van der Waals surface area contributed by atoms with E-state index in [-0.39, 0.29) is 0 Å². The maximum absolute atomic E-state index is 5.31. The molecule has 0 aliphatic carbocycles. The molecule has 0 heterocycles. The smallest absolute Gasteiger partial charge is 0.126 e. The van der Waals surface area contributed by atoms with Crippen LogP contribution in [0.4, 0.5) is 0 Å². The van der Waals surface area contributed by atoms with Crippen LogP contribution in [0.25, 0.3) is 10.8 Å². The lowest BCUT2D eigenvalue weighted by atomic mass is 10.1. The van der Waals surface area contributed by atoms with Gasteiger partial charge in [-0.05, 0) is 23.9 Å². The molecule has 15 heavy (non-hydrogen) atoms. The molecule has 2 aromatic carbocycles. The van der Waals surface area contributed by atoms with E-state index >= 15 is 0 Å². The van der Waals surface area contributed by atoms with Gasteiger partial charge in [0.25, 0.3) is 0 Å². The average Bonchev–Trinajstić information content (AvgIpc) is 2.31. The summed E-state index contributed by atoms with van der Waals surface area (Å²) in [6, 6.07) is 12.4. The normalized spacial score (nSPS) is 9.33. The van der Waals surface area contributed by atoms with Gasteiger partial charge in [0.15, 0.2) is 0 Å². The molecule has 0 fully saturated rings. The number of fused-ring (bicyclic) bond motifs is 1. The second-order valence-electron chi connectivity index (χ2n) is 3.13. The maximum Gasteiger partial charge on any atom is 0.126 e. The Morgan fingerprint density at radius 3 is 2.13 bits per heavy atom. The minimum absolute atomic E-state index is 0.954. The van der Waals surface area contributed by atoms with Crippen molar-refractivity contribution in [2.24, 2.45) is 0 Å². The molecule has 80 valence electrons. The molecule has 2 rings (SSSR count). The molecule has 0 atom stereocenters. The van der Waals surface area contributed by atoms with E-state index in [4.69, 9.17) is 4.74 Å². The number of methoxy groups -OCH3 is 1. The van der Waals surface area contributed by atoms with E-state index < -0.39 is 0 Å². The van der Waals surface area contributed by atoms with Crippen LogP contribution in [0.2, 0.25) is 0 Å². The van der Waals surface area contributed by atoms with Gasteiger partial charge in [-0.1, -0.05) is 44.2 Å². The highest BCUT2D eigenvalue weighted by atomic mass is 16.5. The van der Waals surface area contributed by atoms with Gasteiger partial charge < -0.3 is 4.74 Å². The van der Waals surface area contributed by atoms with Gasteiger partial charge in [0.05, 0.1) is 7.11 Å². The number of hydrogen-bond donors (Lipinski definition) is 0. The number of rotatable bonds is 1. The first-order valence-electron chi connectivity index (χ1n) is 5.35. The Kier molecular flexibility index (Phi) is 4.17. The molecule has 0 aliphatic rings. The van der Waals surface area contributed by atoms with Crippen LogP contribution in [0.3, 0.4) is 0 Å². The standard InChI is InChI=1S/C12H12O.C2H6/c1-9-5-3-6-10-7-4-8-11(13-2)12(9)10;1-2/h3-8H,1-2H3;1-2H3. The van der Waals surface area contributed by atoms with Crippen LogP contribution in [0.15, 0.2) is 36.4 Å². The third kappa shape index (κ3) is 2.30. The van der Waals surface area contributed by atoms with Crippen LogP contribution in [0, 0.1) is 6.92 Å². The van der Waals surface area contributed by atoms with Gasteiger partial charge >= 0.3 is 0 Å². The molecule has 0 saturated carbocycles. The van der Waals surface area contributed by atoms with E-state index in [0.29, 0.717) is 0 Å². The van der Waals surface area contributed by atoms with Gasteiger partial charge in [0, 0.05) is 5.39 Å². The second-order valence-corrected chi connectivity index (χ2v) is 3.13.